The molecule has 1 aromatic heterocycles. The first-order valence-electron chi connectivity index (χ1n) is 11.8. The first-order valence-corrected chi connectivity index (χ1v) is 13.7. The Morgan fingerprint density at radius 2 is 2.00 bits per heavy atom. The molecule has 6 nitrogen and oxygen atoms in total. The lowest BCUT2D eigenvalue weighted by Crippen LogP contribution is -2.39. The third-order valence-corrected chi connectivity index (χ3v) is 8.77. The summed E-state index contributed by atoms with van der Waals surface area (Å²) in [7, 11) is 1.36. The minimum absolute atomic E-state index is 0.00154. The average molecular weight is 604 g/mol. The summed E-state index contributed by atoms with van der Waals surface area (Å²) in [5, 5.41) is 0. The standard InChI is InChI=1S/C27H30IN3O3S/c1-17(2)20(15-25(32)34-3)27(33)31-13-7-10-23(31)26-29-16-22(30-26)18-11-12-21(28)24(14-18)35-19-8-5-4-6-9-19/h4-6,8-9,11-12,14,16-17,20,23H,7,10,13,15H2,1-3H3,(H,29,30)/t20-,23-/m0/s1. The van der Waals surface area contributed by atoms with Gasteiger partial charge in [-0.05, 0) is 65.6 Å². The van der Waals surface area contributed by atoms with E-state index >= 15 is 0 Å². The number of esters is 1. The SMILES string of the molecule is COC(=O)C[C@H](C(=O)N1CCC[C@H]1c1ncc(-c2ccc(I)c(Sc3ccccc3)c2)[nH]1)C(C)C. The van der Waals surface area contributed by atoms with E-state index in [-0.39, 0.29) is 30.3 Å². The predicted molar refractivity (Wildman–Crippen MR) is 146 cm³/mol. The van der Waals surface area contributed by atoms with Gasteiger partial charge in [0.05, 0.1) is 37.4 Å². The molecule has 0 unspecified atom stereocenters. The molecule has 1 aliphatic heterocycles. The van der Waals surface area contributed by atoms with Crippen molar-refractivity contribution in [1.82, 2.24) is 14.9 Å². The van der Waals surface area contributed by atoms with Gasteiger partial charge in [0.25, 0.3) is 0 Å². The van der Waals surface area contributed by atoms with Gasteiger partial charge < -0.3 is 14.6 Å². The van der Waals surface area contributed by atoms with Crippen molar-refractivity contribution in [2.75, 3.05) is 13.7 Å². The molecule has 0 bridgehead atoms. The lowest BCUT2D eigenvalue weighted by Gasteiger charge is -2.29. The fourth-order valence-corrected chi connectivity index (χ4v) is 5.98. The number of hydrogen-bond acceptors (Lipinski definition) is 5. The van der Waals surface area contributed by atoms with Crippen LogP contribution in [0.15, 0.2) is 64.5 Å². The molecule has 1 saturated heterocycles. The Morgan fingerprint density at radius 1 is 1.23 bits per heavy atom. The number of benzene rings is 2. The molecule has 1 N–H and O–H groups in total. The maximum atomic E-state index is 13.4. The molecule has 4 rings (SSSR count). The van der Waals surface area contributed by atoms with E-state index in [1.54, 1.807) is 11.8 Å². The Balaban J connectivity index is 1.54. The summed E-state index contributed by atoms with van der Waals surface area (Å²) in [5.74, 6) is 0.0912. The van der Waals surface area contributed by atoms with Crippen molar-refractivity contribution >= 4 is 46.2 Å². The Hall–Kier alpha value is -2.33. The molecule has 3 aromatic rings. The molecule has 0 saturated carbocycles. The smallest absolute Gasteiger partial charge is 0.306 e. The number of H-pyrrole nitrogens is 1. The summed E-state index contributed by atoms with van der Waals surface area (Å²) in [6.07, 6.45) is 3.72. The van der Waals surface area contributed by atoms with E-state index in [0.29, 0.717) is 6.54 Å². The van der Waals surface area contributed by atoms with Gasteiger partial charge in [-0.2, -0.15) is 0 Å². The van der Waals surface area contributed by atoms with E-state index in [1.807, 2.05) is 43.1 Å². The van der Waals surface area contributed by atoms with Crippen molar-refractivity contribution in [1.29, 1.82) is 0 Å². The van der Waals surface area contributed by atoms with E-state index in [4.69, 9.17) is 4.74 Å². The summed E-state index contributed by atoms with van der Waals surface area (Å²) >= 11 is 4.11. The molecule has 2 aromatic carbocycles. The van der Waals surface area contributed by atoms with Crippen LogP contribution in [0.5, 0.6) is 0 Å². The van der Waals surface area contributed by atoms with E-state index in [1.165, 1.54) is 20.5 Å². The molecule has 0 spiro atoms. The molecule has 35 heavy (non-hydrogen) atoms. The van der Waals surface area contributed by atoms with Crippen LogP contribution in [0.4, 0.5) is 0 Å². The van der Waals surface area contributed by atoms with E-state index in [2.05, 4.69) is 62.9 Å². The van der Waals surface area contributed by atoms with Crippen molar-refractivity contribution in [2.45, 2.75) is 48.9 Å². The van der Waals surface area contributed by atoms with Gasteiger partial charge in [-0.25, -0.2) is 4.98 Å². The first kappa shape index (κ1) is 25.8. The number of imidazole rings is 1. The van der Waals surface area contributed by atoms with Gasteiger partial charge in [-0.3, -0.25) is 9.59 Å². The quantitative estimate of drug-likeness (QED) is 0.241. The Kier molecular flexibility index (Phi) is 8.54. The molecular weight excluding hydrogens is 573 g/mol. The summed E-state index contributed by atoms with van der Waals surface area (Å²) in [6, 6.07) is 16.6. The Labute approximate surface area is 224 Å². The number of likely N-dealkylation sites (tertiary alicyclic amines) is 1. The lowest BCUT2D eigenvalue weighted by atomic mass is 9.91. The van der Waals surface area contributed by atoms with Gasteiger partial charge in [-0.15, -0.1) is 0 Å². The second kappa shape index (κ2) is 11.6. The number of amides is 1. The fourth-order valence-electron chi connectivity index (χ4n) is 4.42. The van der Waals surface area contributed by atoms with Gasteiger partial charge >= 0.3 is 5.97 Å². The number of ether oxygens (including phenoxy) is 1. The van der Waals surface area contributed by atoms with Crippen LogP contribution in [0.1, 0.15) is 45.0 Å². The van der Waals surface area contributed by atoms with E-state index in [9.17, 15) is 9.59 Å². The van der Waals surface area contributed by atoms with Crippen molar-refractivity contribution in [3.8, 4) is 11.3 Å². The van der Waals surface area contributed by atoms with Crippen molar-refractivity contribution < 1.29 is 14.3 Å². The fraction of sp³-hybridized carbons (Fsp3) is 0.370. The van der Waals surface area contributed by atoms with Crippen molar-refractivity contribution in [3.05, 3.63) is 64.1 Å². The normalized spacial score (nSPS) is 16.5. The van der Waals surface area contributed by atoms with Crippen molar-refractivity contribution in [3.63, 3.8) is 0 Å². The second-order valence-corrected chi connectivity index (χ2v) is 11.3. The molecular formula is C27H30IN3O3S. The lowest BCUT2D eigenvalue weighted by molar-refractivity contribution is -0.148. The van der Waals surface area contributed by atoms with Gasteiger partial charge in [-0.1, -0.05) is 49.9 Å². The highest BCUT2D eigenvalue weighted by molar-refractivity contribution is 14.1. The number of nitrogens with one attached hydrogen (secondary N) is 1. The zero-order valence-electron chi connectivity index (χ0n) is 20.2. The van der Waals surface area contributed by atoms with Gasteiger partial charge in [0.1, 0.15) is 5.82 Å². The molecule has 8 heteroatoms. The zero-order chi connectivity index (χ0) is 24.9. The van der Waals surface area contributed by atoms with Crippen LogP contribution in [-0.4, -0.2) is 40.4 Å². The van der Waals surface area contributed by atoms with E-state index in [0.717, 1.165) is 29.9 Å². The molecule has 184 valence electrons. The predicted octanol–water partition coefficient (Wildman–Crippen LogP) is 6.33. The highest BCUT2D eigenvalue weighted by atomic mass is 127. The van der Waals surface area contributed by atoms with Crippen LogP contribution in [0.3, 0.4) is 0 Å². The number of aromatic amines is 1. The number of halogens is 1. The molecule has 0 radical (unpaired) electrons. The minimum Gasteiger partial charge on any atom is -0.469 e. The largest absolute Gasteiger partial charge is 0.469 e. The van der Waals surface area contributed by atoms with Crippen LogP contribution < -0.4 is 0 Å². The van der Waals surface area contributed by atoms with Gasteiger partial charge in [0.2, 0.25) is 5.91 Å². The topological polar surface area (TPSA) is 75.3 Å². The Bertz CT molecular complexity index is 1180. The maximum absolute atomic E-state index is 13.4. The van der Waals surface area contributed by atoms with Gasteiger partial charge in [0, 0.05) is 25.5 Å². The van der Waals surface area contributed by atoms with Crippen LogP contribution in [0, 0.1) is 15.4 Å². The number of nitrogens with zero attached hydrogens (tertiary/aromatic N) is 2. The molecule has 2 atom stereocenters. The second-order valence-electron chi connectivity index (χ2n) is 9.06. The zero-order valence-corrected chi connectivity index (χ0v) is 23.1. The molecule has 1 amide bonds. The molecule has 1 fully saturated rings. The summed E-state index contributed by atoms with van der Waals surface area (Å²) < 4.78 is 6.02. The maximum Gasteiger partial charge on any atom is 0.306 e. The van der Waals surface area contributed by atoms with Crippen LogP contribution in [0.25, 0.3) is 11.3 Å². The van der Waals surface area contributed by atoms with Crippen LogP contribution in [-0.2, 0) is 14.3 Å². The molecule has 0 aliphatic carbocycles. The number of rotatable bonds is 8. The third kappa shape index (κ3) is 6.09. The van der Waals surface area contributed by atoms with Crippen LogP contribution in [0.2, 0.25) is 0 Å². The number of aromatic nitrogens is 2. The highest BCUT2D eigenvalue weighted by Gasteiger charge is 2.37. The first-order chi connectivity index (χ1) is 16.9. The molecule has 2 heterocycles. The summed E-state index contributed by atoms with van der Waals surface area (Å²) in [6.45, 7) is 4.62. The summed E-state index contributed by atoms with van der Waals surface area (Å²) in [5.41, 5.74) is 1.99. The minimum atomic E-state index is -0.397. The number of carbonyl (C=O) groups excluding carboxylic acids is 2. The number of hydrogen-bond donors (Lipinski definition) is 1. The van der Waals surface area contributed by atoms with Crippen molar-refractivity contribution in [2.24, 2.45) is 11.8 Å². The average Bonchev–Trinajstić information content (AvgIpc) is 3.53. The number of methoxy groups -OCH3 is 1. The number of carbonyl (C=O) groups is 2. The van der Waals surface area contributed by atoms with Crippen LogP contribution >= 0.6 is 34.4 Å². The van der Waals surface area contributed by atoms with E-state index < -0.39 is 5.92 Å². The highest BCUT2D eigenvalue weighted by Crippen LogP contribution is 2.37. The van der Waals surface area contributed by atoms with Gasteiger partial charge in [0.15, 0.2) is 0 Å². The monoisotopic (exact) mass is 603 g/mol. The summed E-state index contributed by atoms with van der Waals surface area (Å²) in [4.78, 5) is 37.8. The molecule has 1 aliphatic rings. The Morgan fingerprint density at radius 3 is 2.71 bits per heavy atom. The third-order valence-electron chi connectivity index (χ3n) is 6.40.